The number of nitro benzene ring substituents is 1. The van der Waals surface area contributed by atoms with Crippen LogP contribution in [0, 0.1) is 33.8 Å². The van der Waals surface area contributed by atoms with Gasteiger partial charge in [-0.3, -0.25) is 29.4 Å². The fourth-order valence-electron chi connectivity index (χ4n) is 4.76. The summed E-state index contributed by atoms with van der Waals surface area (Å²) in [4.78, 5) is 48.6. The molecule has 8 heteroatoms. The van der Waals surface area contributed by atoms with Crippen LogP contribution in [0.5, 0.6) is 0 Å². The van der Waals surface area contributed by atoms with Crippen molar-refractivity contribution in [1.29, 1.82) is 0 Å². The maximum absolute atomic E-state index is 12.6. The fourth-order valence-corrected chi connectivity index (χ4v) is 4.76. The number of nitrogens with zero attached hydrogens (tertiary/aromatic N) is 2. The molecule has 1 aromatic rings. The molecule has 1 heterocycles. The number of nitrogens with one attached hydrogen (secondary N) is 1. The lowest BCUT2D eigenvalue weighted by molar-refractivity contribution is -0.384. The molecule has 1 N–H and O–H groups in total. The zero-order valence-corrected chi connectivity index (χ0v) is 14.1. The third-order valence-corrected chi connectivity index (χ3v) is 5.96. The van der Waals surface area contributed by atoms with Gasteiger partial charge in [-0.25, -0.2) is 0 Å². The van der Waals surface area contributed by atoms with Gasteiger partial charge in [0.2, 0.25) is 17.7 Å². The molecule has 3 amide bonds. The Morgan fingerprint density at radius 2 is 1.69 bits per heavy atom. The van der Waals surface area contributed by atoms with Gasteiger partial charge in [-0.2, -0.15) is 0 Å². The lowest BCUT2D eigenvalue weighted by atomic mass is 9.81. The average Bonchev–Trinajstić information content (AvgIpc) is 3.30. The minimum absolute atomic E-state index is 0.0190. The van der Waals surface area contributed by atoms with Gasteiger partial charge in [-0.15, -0.1) is 0 Å². The number of hydrogen-bond acceptors (Lipinski definition) is 5. The zero-order valence-electron chi connectivity index (χ0n) is 14.1. The largest absolute Gasteiger partial charge is 0.350 e. The summed E-state index contributed by atoms with van der Waals surface area (Å²) in [6.07, 6.45) is 2.98. The smallest absolute Gasteiger partial charge is 0.269 e. The van der Waals surface area contributed by atoms with E-state index in [1.807, 2.05) is 0 Å². The van der Waals surface area contributed by atoms with Gasteiger partial charge >= 0.3 is 0 Å². The van der Waals surface area contributed by atoms with Gasteiger partial charge in [-0.05, 0) is 36.7 Å². The van der Waals surface area contributed by atoms with Crippen LogP contribution in [0.1, 0.15) is 24.8 Å². The van der Waals surface area contributed by atoms with Gasteiger partial charge in [0, 0.05) is 18.7 Å². The standard InChI is InChI=1S/C18H19N3O5/c22-14(19-8-10-1-5-13(6-2-10)21(25)26)9-20-17(23)15-11-3-4-12(7-11)16(15)18(20)24/h1-2,5-6,11-12,15-16H,3-4,7-9H2,(H,19,22). The predicted octanol–water partition coefficient (Wildman–Crippen LogP) is 1.24. The van der Waals surface area contributed by atoms with Crippen molar-refractivity contribution < 1.29 is 19.3 Å². The molecule has 1 saturated heterocycles. The van der Waals surface area contributed by atoms with Crippen LogP contribution < -0.4 is 5.32 Å². The van der Waals surface area contributed by atoms with Crippen molar-refractivity contribution in [3.05, 3.63) is 39.9 Å². The van der Waals surface area contributed by atoms with Gasteiger partial charge in [0.1, 0.15) is 6.54 Å². The monoisotopic (exact) mass is 357 g/mol. The van der Waals surface area contributed by atoms with Crippen LogP contribution >= 0.6 is 0 Å². The quantitative estimate of drug-likeness (QED) is 0.484. The lowest BCUT2D eigenvalue weighted by Gasteiger charge is -2.19. The van der Waals surface area contributed by atoms with Crippen molar-refractivity contribution in [3.63, 3.8) is 0 Å². The molecule has 136 valence electrons. The maximum Gasteiger partial charge on any atom is 0.269 e. The zero-order chi connectivity index (χ0) is 18.4. The Labute approximate surface area is 149 Å². The van der Waals surface area contributed by atoms with Crippen LogP contribution in [-0.2, 0) is 20.9 Å². The number of amides is 3. The van der Waals surface area contributed by atoms with Crippen LogP contribution in [0.3, 0.4) is 0 Å². The Balaban J connectivity index is 1.34. The molecule has 3 aliphatic rings. The summed E-state index contributed by atoms with van der Waals surface area (Å²) < 4.78 is 0. The molecular weight excluding hydrogens is 338 g/mol. The van der Waals surface area contributed by atoms with Crippen molar-refractivity contribution in [2.24, 2.45) is 23.7 Å². The van der Waals surface area contributed by atoms with Gasteiger partial charge in [0.05, 0.1) is 16.8 Å². The first kappa shape index (κ1) is 16.7. The number of rotatable bonds is 5. The minimum atomic E-state index is -0.489. The highest BCUT2D eigenvalue weighted by atomic mass is 16.6. The second-order valence-electron chi connectivity index (χ2n) is 7.35. The van der Waals surface area contributed by atoms with Crippen molar-refractivity contribution >= 4 is 23.4 Å². The van der Waals surface area contributed by atoms with Crippen LogP contribution in [0.2, 0.25) is 0 Å². The number of fused-ring (bicyclic) bond motifs is 5. The van der Waals surface area contributed by atoms with Crippen LogP contribution in [0.4, 0.5) is 5.69 Å². The minimum Gasteiger partial charge on any atom is -0.350 e. The predicted molar refractivity (Wildman–Crippen MR) is 89.5 cm³/mol. The highest BCUT2D eigenvalue weighted by Gasteiger charge is 2.60. The number of non-ortho nitro benzene ring substituents is 1. The number of nitro groups is 1. The maximum atomic E-state index is 12.6. The number of likely N-dealkylation sites (tertiary alicyclic amines) is 1. The second kappa shape index (κ2) is 6.19. The third kappa shape index (κ3) is 2.65. The summed E-state index contributed by atoms with van der Waals surface area (Å²) in [5.41, 5.74) is 0.687. The van der Waals surface area contributed by atoms with Gasteiger partial charge < -0.3 is 5.32 Å². The van der Waals surface area contributed by atoms with Crippen molar-refractivity contribution in [2.75, 3.05) is 6.54 Å². The molecule has 0 radical (unpaired) electrons. The summed E-state index contributed by atoms with van der Waals surface area (Å²) >= 11 is 0. The van der Waals surface area contributed by atoms with Crippen LogP contribution in [-0.4, -0.2) is 34.1 Å². The molecule has 8 nitrogen and oxygen atoms in total. The van der Waals surface area contributed by atoms with Crippen molar-refractivity contribution in [2.45, 2.75) is 25.8 Å². The molecule has 4 unspecified atom stereocenters. The highest BCUT2D eigenvalue weighted by Crippen LogP contribution is 2.55. The molecule has 1 aromatic carbocycles. The SMILES string of the molecule is O=C(CN1C(=O)C2C3CCC(C3)C2C1=O)NCc1ccc([N+](=O)[O-])cc1. The summed E-state index contributed by atoms with van der Waals surface area (Å²) in [5.74, 6) is -0.635. The number of carbonyl (C=O) groups excluding carboxylic acids is 3. The fraction of sp³-hybridized carbons (Fsp3) is 0.500. The molecule has 3 fully saturated rings. The number of benzene rings is 1. The topological polar surface area (TPSA) is 110 Å². The first-order valence-electron chi connectivity index (χ1n) is 8.81. The summed E-state index contributed by atoms with van der Waals surface area (Å²) in [7, 11) is 0. The molecule has 4 atom stereocenters. The Hall–Kier alpha value is -2.77. The van der Waals surface area contributed by atoms with Gasteiger partial charge in [-0.1, -0.05) is 12.1 Å². The van der Waals surface area contributed by atoms with E-state index in [1.54, 1.807) is 12.1 Å². The Morgan fingerprint density at radius 3 is 2.23 bits per heavy atom. The van der Waals surface area contributed by atoms with E-state index in [9.17, 15) is 24.5 Å². The van der Waals surface area contributed by atoms with Gasteiger partial charge in [0.15, 0.2) is 0 Å². The first-order valence-corrected chi connectivity index (χ1v) is 8.81. The van der Waals surface area contributed by atoms with Gasteiger partial charge in [0.25, 0.3) is 5.69 Å². The van der Waals surface area contributed by atoms with E-state index in [-0.39, 0.29) is 42.4 Å². The second-order valence-corrected chi connectivity index (χ2v) is 7.35. The molecule has 2 bridgehead atoms. The summed E-state index contributed by atoms with van der Waals surface area (Å²) in [6, 6.07) is 5.86. The molecule has 4 rings (SSSR count). The van der Waals surface area contributed by atoms with E-state index in [4.69, 9.17) is 0 Å². The summed E-state index contributed by atoms with van der Waals surface area (Å²) in [6.45, 7) is -0.0672. The normalized spacial score (nSPS) is 29.2. The van der Waals surface area contributed by atoms with E-state index in [1.165, 1.54) is 12.1 Å². The highest BCUT2D eigenvalue weighted by molar-refractivity contribution is 6.08. The van der Waals surface area contributed by atoms with E-state index in [0.29, 0.717) is 17.4 Å². The van der Waals surface area contributed by atoms with Crippen LogP contribution in [0.25, 0.3) is 0 Å². The number of imide groups is 1. The molecule has 0 spiro atoms. The Morgan fingerprint density at radius 1 is 1.12 bits per heavy atom. The average molecular weight is 357 g/mol. The Bertz CT molecular complexity index is 763. The molecule has 26 heavy (non-hydrogen) atoms. The number of carbonyl (C=O) groups is 3. The molecule has 1 aliphatic heterocycles. The molecule has 0 aromatic heterocycles. The van der Waals surface area contributed by atoms with E-state index >= 15 is 0 Å². The van der Waals surface area contributed by atoms with Crippen molar-refractivity contribution in [1.82, 2.24) is 10.2 Å². The van der Waals surface area contributed by atoms with E-state index in [2.05, 4.69) is 5.32 Å². The van der Waals surface area contributed by atoms with Crippen molar-refractivity contribution in [3.8, 4) is 0 Å². The van der Waals surface area contributed by atoms with E-state index in [0.717, 1.165) is 24.2 Å². The lowest BCUT2D eigenvalue weighted by Crippen LogP contribution is -2.41. The molecular formula is C18H19N3O5. The number of hydrogen-bond donors (Lipinski definition) is 1. The van der Waals surface area contributed by atoms with Crippen LogP contribution in [0.15, 0.2) is 24.3 Å². The molecule has 2 saturated carbocycles. The summed E-state index contributed by atoms with van der Waals surface area (Å²) in [5, 5.41) is 13.3. The van der Waals surface area contributed by atoms with E-state index < -0.39 is 10.8 Å². The Kier molecular flexibility index (Phi) is 3.97. The molecule has 2 aliphatic carbocycles. The third-order valence-electron chi connectivity index (χ3n) is 5.96. The first-order chi connectivity index (χ1) is 12.5.